The Balaban J connectivity index is 2.29. The second kappa shape index (κ2) is 9.46. The van der Waals surface area contributed by atoms with Crippen LogP contribution in [0.15, 0.2) is 35.3 Å². The highest BCUT2D eigenvalue weighted by Gasteiger charge is 2.10. The normalized spacial score (nSPS) is 10.9. The molecule has 138 valence electrons. The zero-order chi connectivity index (χ0) is 19.1. The molecule has 0 aliphatic rings. The first-order valence-corrected chi connectivity index (χ1v) is 8.99. The minimum Gasteiger partial charge on any atom is -0.504 e. The van der Waals surface area contributed by atoms with Gasteiger partial charge in [-0.15, -0.1) is 0 Å². The number of nitrogens with zero attached hydrogens (tertiary/aromatic N) is 1. The lowest BCUT2D eigenvalue weighted by Gasteiger charge is -2.09. The number of phenols is 1. The van der Waals surface area contributed by atoms with Crippen LogP contribution in [-0.2, 0) is 4.79 Å². The van der Waals surface area contributed by atoms with Gasteiger partial charge in [0.2, 0.25) is 5.91 Å². The van der Waals surface area contributed by atoms with Crippen molar-refractivity contribution in [3.05, 3.63) is 45.9 Å². The highest BCUT2D eigenvalue weighted by atomic mass is 35.5. The van der Waals surface area contributed by atoms with Crippen LogP contribution in [0.5, 0.6) is 11.5 Å². The Hall–Kier alpha value is -2.24. The maximum absolute atomic E-state index is 11.7. The summed E-state index contributed by atoms with van der Waals surface area (Å²) < 4.78 is 5.35. The molecule has 2 aromatic rings. The zero-order valence-corrected chi connectivity index (χ0v) is 16.1. The molecule has 0 aliphatic carbocycles. The number of carbonyl (C=O) groups is 1. The van der Waals surface area contributed by atoms with Crippen molar-refractivity contribution in [3.63, 3.8) is 0 Å². The van der Waals surface area contributed by atoms with Gasteiger partial charge in [-0.1, -0.05) is 30.1 Å². The molecule has 0 fully saturated rings. The molecule has 0 aliphatic heterocycles. The van der Waals surface area contributed by atoms with E-state index in [1.165, 1.54) is 12.3 Å². The summed E-state index contributed by atoms with van der Waals surface area (Å²) in [5, 5.41) is 13.9. The van der Waals surface area contributed by atoms with Crippen molar-refractivity contribution in [2.75, 3.05) is 11.9 Å². The van der Waals surface area contributed by atoms with E-state index in [0.29, 0.717) is 40.0 Å². The number of anilines is 1. The van der Waals surface area contributed by atoms with Crippen molar-refractivity contribution in [1.29, 1.82) is 0 Å². The third-order valence-corrected chi connectivity index (χ3v) is 3.96. The van der Waals surface area contributed by atoms with Crippen molar-refractivity contribution in [2.45, 2.75) is 26.7 Å². The molecule has 7 heteroatoms. The molecule has 2 N–H and O–H groups in total. The predicted octanol–water partition coefficient (Wildman–Crippen LogP) is 5.59. The summed E-state index contributed by atoms with van der Waals surface area (Å²) in [5.41, 5.74) is 1.46. The lowest BCUT2D eigenvalue weighted by molar-refractivity contribution is -0.116. The zero-order valence-electron chi connectivity index (χ0n) is 14.6. The topological polar surface area (TPSA) is 70.9 Å². The summed E-state index contributed by atoms with van der Waals surface area (Å²) in [7, 11) is 0. The molecule has 26 heavy (non-hydrogen) atoms. The Morgan fingerprint density at radius 1 is 1.27 bits per heavy atom. The van der Waals surface area contributed by atoms with Crippen LogP contribution in [0.4, 0.5) is 11.4 Å². The molecule has 5 nitrogen and oxygen atoms in total. The predicted molar refractivity (Wildman–Crippen MR) is 107 cm³/mol. The first kappa shape index (κ1) is 20.1. The van der Waals surface area contributed by atoms with Crippen molar-refractivity contribution in [2.24, 2.45) is 4.99 Å². The number of nitrogens with one attached hydrogen (secondary N) is 1. The number of amides is 1. The number of phenolic OH excluding ortho intramolecular Hbond substituents is 1. The van der Waals surface area contributed by atoms with Gasteiger partial charge < -0.3 is 15.2 Å². The maximum Gasteiger partial charge on any atom is 0.224 e. The van der Waals surface area contributed by atoms with Gasteiger partial charge in [-0.05, 0) is 37.6 Å². The van der Waals surface area contributed by atoms with Gasteiger partial charge in [-0.25, -0.2) is 0 Å². The van der Waals surface area contributed by atoms with E-state index >= 15 is 0 Å². The quantitative estimate of drug-likeness (QED) is 0.601. The van der Waals surface area contributed by atoms with Crippen LogP contribution >= 0.6 is 23.2 Å². The average molecular weight is 395 g/mol. The van der Waals surface area contributed by atoms with Gasteiger partial charge in [0.1, 0.15) is 0 Å². The third kappa shape index (κ3) is 5.38. The Morgan fingerprint density at radius 3 is 2.73 bits per heavy atom. The van der Waals surface area contributed by atoms with Crippen molar-refractivity contribution in [1.82, 2.24) is 0 Å². The van der Waals surface area contributed by atoms with E-state index in [1.54, 1.807) is 24.3 Å². The van der Waals surface area contributed by atoms with E-state index < -0.39 is 0 Å². The third-order valence-electron chi connectivity index (χ3n) is 3.42. The first-order valence-electron chi connectivity index (χ1n) is 8.23. The smallest absolute Gasteiger partial charge is 0.224 e. The maximum atomic E-state index is 11.7. The fourth-order valence-electron chi connectivity index (χ4n) is 2.24. The summed E-state index contributed by atoms with van der Waals surface area (Å²) >= 11 is 12.2. The summed E-state index contributed by atoms with van der Waals surface area (Å²) in [4.78, 5) is 16.0. The van der Waals surface area contributed by atoms with Crippen molar-refractivity contribution in [3.8, 4) is 11.5 Å². The molecule has 0 radical (unpaired) electrons. The van der Waals surface area contributed by atoms with Gasteiger partial charge in [-0.3, -0.25) is 9.79 Å². The molecule has 0 saturated carbocycles. The van der Waals surface area contributed by atoms with E-state index in [0.717, 1.165) is 6.42 Å². The number of aliphatic imine (C=N–C) groups is 1. The van der Waals surface area contributed by atoms with E-state index in [2.05, 4.69) is 10.3 Å². The SMILES string of the molecule is CCCC(=O)Nc1ccc(Cl)c(N=Cc2cc(Cl)cc(OCC)c2O)c1. The molecule has 1 amide bonds. The molecule has 0 spiro atoms. The number of benzene rings is 2. The Morgan fingerprint density at radius 2 is 2.04 bits per heavy atom. The second-order valence-corrected chi connectivity index (χ2v) is 6.34. The highest BCUT2D eigenvalue weighted by molar-refractivity contribution is 6.33. The molecule has 2 aromatic carbocycles. The minimum atomic E-state index is -0.0707. The lowest BCUT2D eigenvalue weighted by Crippen LogP contribution is -2.10. The average Bonchev–Trinajstić information content (AvgIpc) is 2.59. The van der Waals surface area contributed by atoms with E-state index in [4.69, 9.17) is 27.9 Å². The molecule has 0 aromatic heterocycles. The molecule has 0 saturated heterocycles. The minimum absolute atomic E-state index is 0.0523. The number of hydrogen-bond donors (Lipinski definition) is 2. The fraction of sp³-hybridized carbons (Fsp3) is 0.263. The van der Waals surface area contributed by atoms with Crippen LogP contribution in [0.25, 0.3) is 0 Å². The van der Waals surface area contributed by atoms with Gasteiger partial charge in [0.15, 0.2) is 11.5 Å². The van der Waals surface area contributed by atoms with Crippen LogP contribution in [0, 0.1) is 0 Å². The number of hydrogen-bond acceptors (Lipinski definition) is 4. The number of halogens is 2. The largest absolute Gasteiger partial charge is 0.504 e. The first-order chi connectivity index (χ1) is 12.4. The Kier molecular flexibility index (Phi) is 7.30. The van der Waals surface area contributed by atoms with E-state index in [1.807, 2.05) is 13.8 Å². The molecule has 0 heterocycles. The van der Waals surface area contributed by atoms with Crippen LogP contribution in [0.3, 0.4) is 0 Å². The van der Waals surface area contributed by atoms with Gasteiger partial charge in [0, 0.05) is 35.0 Å². The van der Waals surface area contributed by atoms with Gasteiger partial charge in [0.25, 0.3) is 0 Å². The van der Waals surface area contributed by atoms with Crippen LogP contribution in [0.2, 0.25) is 10.0 Å². The fourth-order valence-corrected chi connectivity index (χ4v) is 2.62. The van der Waals surface area contributed by atoms with Crippen LogP contribution in [0.1, 0.15) is 32.3 Å². The molecule has 0 unspecified atom stereocenters. The number of rotatable bonds is 7. The molecule has 0 bridgehead atoms. The molecular weight excluding hydrogens is 375 g/mol. The monoisotopic (exact) mass is 394 g/mol. The van der Waals surface area contributed by atoms with Gasteiger partial charge >= 0.3 is 0 Å². The summed E-state index contributed by atoms with van der Waals surface area (Å²) in [6, 6.07) is 8.13. The van der Waals surface area contributed by atoms with Gasteiger partial charge in [-0.2, -0.15) is 0 Å². The van der Waals surface area contributed by atoms with Crippen molar-refractivity contribution < 1.29 is 14.6 Å². The summed E-state index contributed by atoms with van der Waals surface area (Å²) in [6.45, 7) is 4.15. The standard InChI is InChI=1S/C19H20Cl2N2O3/c1-3-5-18(24)23-14-6-7-15(21)16(10-14)22-11-12-8-13(20)9-17(19(12)25)26-4-2/h6-11,25H,3-5H2,1-2H3,(H,23,24). The Labute approximate surface area is 162 Å². The molecule has 0 atom stereocenters. The van der Waals surface area contributed by atoms with E-state index in [9.17, 15) is 9.90 Å². The lowest BCUT2D eigenvalue weighted by atomic mass is 10.2. The highest BCUT2D eigenvalue weighted by Crippen LogP contribution is 2.34. The Bertz CT molecular complexity index is 823. The van der Waals surface area contributed by atoms with Gasteiger partial charge in [0.05, 0.1) is 17.3 Å². The second-order valence-electron chi connectivity index (χ2n) is 5.50. The summed E-state index contributed by atoms with van der Waals surface area (Å²) in [6.07, 6.45) is 2.65. The molecule has 2 rings (SSSR count). The number of aromatic hydroxyl groups is 1. The van der Waals surface area contributed by atoms with Crippen molar-refractivity contribution >= 4 is 46.7 Å². The van der Waals surface area contributed by atoms with E-state index in [-0.39, 0.29) is 17.4 Å². The summed E-state index contributed by atoms with van der Waals surface area (Å²) in [5.74, 6) is 0.162. The molecular formula is C19H20Cl2N2O3. The van der Waals surface area contributed by atoms with Crippen LogP contribution < -0.4 is 10.1 Å². The van der Waals surface area contributed by atoms with Crippen LogP contribution in [-0.4, -0.2) is 23.8 Å². The number of ether oxygens (including phenoxy) is 1. The number of carbonyl (C=O) groups excluding carboxylic acids is 1.